The maximum absolute atomic E-state index is 9.30. The molecular formula is C11H19N3OS. The third-order valence-electron chi connectivity index (χ3n) is 3.34. The zero-order valence-corrected chi connectivity index (χ0v) is 10.2. The summed E-state index contributed by atoms with van der Waals surface area (Å²) in [4.78, 5) is 4.17. The van der Waals surface area contributed by atoms with E-state index in [4.69, 9.17) is 5.73 Å². The third-order valence-corrected chi connectivity index (χ3v) is 4.12. The van der Waals surface area contributed by atoms with Gasteiger partial charge >= 0.3 is 0 Å². The first-order chi connectivity index (χ1) is 7.79. The zero-order valence-electron chi connectivity index (χ0n) is 9.35. The van der Waals surface area contributed by atoms with Gasteiger partial charge in [0, 0.05) is 13.2 Å². The summed E-state index contributed by atoms with van der Waals surface area (Å²) in [6.07, 6.45) is 6.58. The number of aromatic nitrogens is 1. The van der Waals surface area contributed by atoms with E-state index in [0.29, 0.717) is 18.4 Å². The normalized spacial score (nSPS) is 25.6. The molecule has 1 aliphatic carbocycles. The van der Waals surface area contributed by atoms with Gasteiger partial charge in [-0.3, -0.25) is 0 Å². The minimum Gasteiger partial charge on any atom is -0.396 e. The number of nitrogens with two attached hydrogens (primary N) is 1. The second-order valence-electron chi connectivity index (χ2n) is 4.44. The molecule has 1 fully saturated rings. The van der Waals surface area contributed by atoms with Gasteiger partial charge in [-0.25, -0.2) is 4.98 Å². The number of anilines is 2. The molecule has 0 radical (unpaired) electrons. The van der Waals surface area contributed by atoms with Gasteiger partial charge in [0.25, 0.3) is 0 Å². The Morgan fingerprint density at radius 2 is 2.19 bits per heavy atom. The summed E-state index contributed by atoms with van der Waals surface area (Å²) in [5.74, 6) is 1.03. The van der Waals surface area contributed by atoms with Gasteiger partial charge in [0.05, 0.1) is 6.20 Å². The first kappa shape index (κ1) is 11.7. The largest absolute Gasteiger partial charge is 0.396 e. The molecule has 2 rings (SSSR count). The van der Waals surface area contributed by atoms with E-state index >= 15 is 0 Å². The first-order valence-corrected chi connectivity index (χ1v) is 6.67. The number of aliphatic hydroxyl groups excluding tert-OH is 1. The molecule has 1 heterocycles. The Kier molecular flexibility index (Phi) is 4.01. The van der Waals surface area contributed by atoms with Crippen LogP contribution in [0.2, 0.25) is 0 Å². The molecule has 1 aromatic rings. The van der Waals surface area contributed by atoms with Crippen molar-refractivity contribution in [2.45, 2.75) is 25.7 Å². The van der Waals surface area contributed by atoms with Crippen LogP contribution >= 0.6 is 11.3 Å². The SMILES string of the molecule is Nc1cnc(NCC2CCCCC2CO)s1. The van der Waals surface area contributed by atoms with Crippen LogP contribution in [0, 0.1) is 11.8 Å². The molecule has 0 saturated heterocycles. The van der Waals surface area contributed by atoms with E-state index in [1.807, 2.05) is 0 Å². The highest BCUT2D eigenvalue weighted by molar-refractivity contribution is 7.19. The monoisotopic (exact) mass is 241 g/mol. The van der Waals surface area contributed by atoms with Crippen molar-refractivity contribution < 1.29 is 5.11 Å². The van der Waals surface area contributed by atoms with Gasteiger partial charge in [-0.2, -0.15) is 0 Å². The summed E-state index contributed by atoms with van der Waals surface area (Å²) in [6.45, 7) is 1.21. The van der Waals surface area contributed by atoms with Gasteiger partial charge in [0.2, 0.25) is 0 Å². The molecule has 0 bridgehead atoms. The summed E-state index contributed by atoms with van der Waals surface area (Å²) in [7, 11) is 0. The molecule has 0 amide bonds. The second kappa shape index (κ2) is 5.50. The summed E-state index contributed by atoms with van der Waals surface area (Å²) in [6, 6.07) is 0. The molecule has 4 nitrogen and oxygen atoms in total. The highest BCUT2D eigenvalue weighted by Gasteiger charge is 2.24. The lowest BCUT2D eigenvalue weighted by molar-refractivity contribution is 0.141. The predicted octanol–water partition coefficient (Wildman–Crippen LogP) is 1.94. The molecule has 0 aliphatic heterocycles. The predicted molar refractivity (Wildman–Crippen MR) is 67.5 cm³/mol. The third kappa shape index (κ3) is 2.86. The number of aliphatic hydroxyl groups is 1. The van der Waals surface area contributed by atoms with Crippen LogP contribution in [-0.2, 0) is 0 Å². The molecule has 1 saturated carbocycles. The molecule has 16 heavy (non-hydrogen) atoms. The van der Waals surface area contributed by atoms with Crippen molar-refractivity contribution in [3.63, 3.8) is 0 Å². The number of nitrogens with one attached hydrogen (secondary N) is 1. The van der Waals surface area contributed by atoms with Crippen molar-refractivity contribution in [2.75, 3.05) is 24.2 Å². The molecule has 1 aromatic heterocycles. The number of nitrogen functional groups attached to an aromatic ring is 1. The molecule has 90 valence electrons. The van der Waals surface area contributed by atoms with Gasteiger partial charge in [0.1, 0.15) is 5.00 Å². The molecule has 0 aromatic carbocycles. The summed E-state index contributed by atoms with van der Waals surface area (Å²) in [5.41, 5.74) is 5.62. The Balaban J connectivity index is 1.84. The highest BCUT2D eigenvalue weighted by Crippen LogP contribution is 2.30. The van der Waals surface area contributed by atoms with Crippen LogP contribution < -0.4 is 11.1 Å². The Labute approximate surface area is 99.9 Å². The van der Waals surface area contributed by atoms with Crippen LogP contribution in [0.4, 0.5) is 10.1 Å². The topological polar surface area (TPSA) is 71.2 Å². The zero-order chi connectivity index (χ0) is 11.4. The maximum atomic E-state index is 9.30. The van der Waals surface area contributed by atoms with E-state index in [-0.39, 0.29) is 0 Å². The first-order valence-electron chi connectivity index (χ1n) is 5.85. The van der Waals surface area contributed by atoms with Gasteiger partial charge < -0.3 is 16.2 Å². The number of thiazole rings is 1. The van der Waals surface area contributed by atoms with Crippen molar-refractivity contribution in [1.29, 1.82) is 0 Å². The van der Waals surface area contributed by atoms with E-state index in [1.165, 1.54) is 30.6 Å². The number of rotatable bonds is 4. The van der Waals surface area contributed by atoms with E-state index < -0.39 is 0 Å². The van der Waals surface area contributed by atoms with E-state index in [0.717, 1.165) is 23.1 Å². The fourth-order valence-corrected chi connectivity index (χ4v) is 2.97. The van der Waals surface area contributed by atoms with Crippen molar-refractivity contribution in [3.8, 4) is 0 Å². The molecule has 5 heteroatoms. The van der Waals surface area contributed by atoms with E-state index in [1.54, 1.807) is 6.20 Å². The molecule has 1 aliphatic rings. The Morgan fingerprint density at radius 3 is 2.81 bits per heavy atom. The van der Waals surface area contributed by atoms with Crippen molar-refractivity contribution in [2.24, 2.45) is 11.8 Å². The van der Waals surface area contributed by atoms with Crippen LogP contribution in [-0.4, -0.2) is 23.2 Å². The summed E-state index contributed by atoms with van der Waals surface area (Å²) in [5, 5.41) is 14.2. The Morgan fingerprint density at radius 1 is 1.44 bits per heavy atom. The fourth-order valence-electron chi connectivity index (χ4n) is 2.38. The van der Waals surface area contributed by atoms with Gasteiger partial charge in [-0.15, -0.1) is 0 Å². The fraction of sp³-hybridized carbons (Fsp3) is 0.727. The molecule has 0 spiro atoms. The minimum absolute atomic E-state index is 0.312. The number of nitrogens with zero attached hydrogens (tertiary/aromatic N) is 1. The lowest BCUT2D eigenvalue weighted by atomic mass is 9.80. The van der Waals surface area contributed by atoms with Crippen LogP contribution in [0.1, 0.15) is 25.7 Å². The lowest BCUT2D eigenvalue weighted by Crippen LogP contribution is -2.28. The highest BCUT2D eigenvalue weighted by atomic mass is 32.1. The standard InChI is InChI=1S/C11H19N3OS/c12-10-6-14-11(16-10)13-5-8-3-1-2-4-9(8)7-15/h6,8-9,15H,1-5,7,12H2,(H,13,14). The average molecular weight is 241 g/mol. The van der Waals surface area contributed by atoms with Crippen LogP contribution in [0.5, 0.6) is 0 Å². The van der Waals surface area contributed by atoms with Crippen LogP contribution in [0.25, 0.3) is 0 Å². The van der Waals surface area contributed by atoms with Crippen molar-refractivity contribution >= 4 is 21.5 Å². The van der Waals surface area contributed by atoms with Crippen molar-refractivity contribution in [1.82, 2.24) is 4.98 Å². The van der Waals surface area contributed by atoms with E-state index in [9.17, 15) is 5.11 Å². The minimum atomic E-state index is 0.312. The van der Waals surface area contributed by atoms with Crippen molar-refractivity contribution in [3.05, 3.63) is 6.20 Å². The Bertz CT molecular complexity index is 329. The van der Waals surface area contributed by atoms with E-state index in [2.05, 4.69) is 10.3 Å². The smallest absolute Gasteiger partial charge is 0.184 e. The molecule has 2 unspecified atom stereocenters. The van der Waals surface area contributed by atoms with Gasteiger partial charge in [0.15, 0.2) is 5.13 Å². The second-order valence-corrected chi connectivity index (χ2v) is 5.50. The van der Waals surface area contributed by atoms with Crippen LogP contribution in [0.3, 0.4) is 0 Å². The quantitative estimate of drug-likeness (QED) is 0.753. The number of hydrogen-bond acceptors (Lipinski definition) is 5. The summed E-state index contributed by atoms with van der Waals surface area (Å²) < 4.78 is 0. The summed E-state index contributed by atoms with van der Waals surface area (Å²) >= 11 is 1.48. The van der Waals surface area contributed by atoms with Crippen LogP contribution in [0.15, 0.2) is 6.20 Å². The maximum Gasteiger partial charge on any atom is 0.184 e. The number of hydrogen-bond donors (Lipinski definition) is 3. The Hall–Kier alpha value is -0.810. The lowest BCUT2D eigenvalue weighted by Gasteiger charge is -2.30. The molecular weight excluding hydrogens is 222 g/mol. The van der Waals surface area contributed by atoms with Gasteiger partial charge in [-0.05, 0) is 24.7 Å². The molecule has 2 atom stereocenters. The van der Waals surface area contributed by atoms with Gasteiger partial charge in [-0.1, -0.05) is 24.2 Å². The molecule has 4 N–H and O–H groups in total. The average Bonchev–Trinajstić information content (AvgIpc) is 2.73.